The third kappa shape index (κ3) is 39.9. The molecule has 0 bridgehead atoms. The Kier molecular flexibility index (Phi) is 9.66. The van der Waals surface area contributed by atoms with Gasteiger partial charge in [-0.25, -0.2) is 0 Å². The van der Waals surface area contributed by atoms with Crippen LogP contribution < -0.4 is 0 Å². The summed E-state index contributed by atoms with van der Waals surface area (Å²) in [6.07, 6.45) is 0. The van der Waals surface area contributed by atoms with Crippen LogP contribution in [0.4, 0.5) is 0 Å². The summed E-state index contributed by atoms with van der Waals surface area (Å²) in [5.41, 5.74) is 0. The first-order valence-corrected chi connectivity index (χ1v) is 2.52. The number of hydrogen-bond donors (Lipinski definition) is 0. The fourth-order valence-electron chi connectivity index (χ4n) is 0. The Morgan fingerprint density at radius 3 is 1.00 bits per heavy atom. The van der Waals surface area contributed by atoms with Crippen molar-refractivity contribution in [3.05, 3.63) is 0 Å². The maximum absolute atomic E-state index is 8.58. The normalized spacial score (nSPS) is 3.00. The average molecular weight is 120 g/mol. The molecule has 0 saturated heterocycles. The third-order valence-corrected chi connectivity index (χ3v) is 0. The van der Waals surface area contributed by atoms with E-state index in [9.17, 15) is 0 Å². The summed E-state index contributed by atoms with van der Waals surface area (Å²) < 4.78 is 25.8. The van der Waals surface area contributed by atoms with Gasteiger partial charge in [0.25, 0.3) is 0 Å². The van der Waals surface area contributed by atoms with Crippen molar-refractivity contribution in [1.29, 1.82) is 0 Å². The van der Waals surface area contributed by atoms with Crippen LogP contribution in [0.15, 0.2) is 0 Å². The second-order valence-electron chi connectivity index (χ2n) is 0.250. The minimum atomic E-state index is -4.08. The van der Waals surface area contributed by atoms with Crippen LogP contribution in [0.5, 0.6) is 0 Å². The number of hydrogen-bond acceptors (Lipinski definition) is 3. The molecule has 0 unspecified atom stereocenters. The Hall–Kier alpha value is 1.11. The zero-order chi connectivity index (χ0) is 3.58. The van der Waals surface area contributed by atoms with Crippen LogP contribution >= 0.6 is 0 Å². The van der Waals surface area contributed by atoms with Crippen molar-refractivity contribution < 1.29 is 27.8 Å². The Balaban J connectivity index is 0. The molecule has 0 rings (SSSR count). The van der Waals surface area contributed by atoms with E-state index in [0.717, 1.165) is 0 Å². The number of rotatable bonds is 0. The van der Waals surface area contributed by atoms with Gasteiger partial charge < -0.3 is 0 Å². The van der Waals surface area contributed by atoms with Crippen LogP contribution in [-0.2, 0) is 27.8 Å². The van der Waals surface area contributed by atoms with Crippen LogP contribution in [0.25, 0.3) is 0 Å². The van der Waals surface area contributed by atoms with Gasteiger partial charge in [0.05, 0.1) is 0 Å². The van der Waals surface area contributed by atoms with E-state index in [-0.39, 0.29) is 29.6 Å². The standard InChI is InChI=1S/Na.3O.Ti.H. The minimum absolute atomic E-state index is 0. The van der Waals surface area contributed by atoms with Gasteiger partial charge in [-0.2, -0.15) is 0 Å². The zero-order valence-electron chi connectivity index (χ0n) is 1.72. The molecule has 3 nitrogen and oxygen atoms in total. The van der Waals surface area contributed by atoms with E-state index in [4.69, 9.17) is 9.97 Å². The Bertz CT molecular complexity index is 76.3. The molecule has 0 aliphatic rings. The van der Waals surface area contributed by atoms with Crippen molar-refractivity contribution in [1.82, 2.24) is 0 Å². The van der Waals surface area contributed by atoms with E-state index in [1.165, 1.54) is 0 Å². The zero-order valence-corrected chi connectivity index (χ0v) is 3.29. The molecule has 0 saturated carbocycles. The summed E-state index contributed by atoms with van der Waals surface area (Å²) in [7, 11) is 0. The Morgan fingerprint density at radius 2 is 1.00 bits per heavy atom. The summed E-state index contributed by atoms with van der Waals surface area (Å²) in [6, 6.07) is 0. The topological polar surface area (TPSA) is 51.2 Å². The van der Waals surface area contributed by atoms with Gasteiger partial charge in [0.2, 0.25) is 0 Å². The van der Waals surface area contributed by atoms with Gasteiger partial charge >= 0.3 is 57.3 Å². The van der Waals surface area contributed by atoms with Gasteiger partial charge in [-0.15, -0.1) is 0 Å². The van der Waals surface area contributed by atoms with Crippen LogP contribution in [0, 0.1) is 0 Å². The van der Waals surface area contributed by atoms with Crippen molar-refractivity contribution in [2.75, 3.05) is 0 Å². The van der Waals surface area contributed by atoms with Crippen LogP contribution in [0.2, 0.25) is 0 Å². The molecular formula is HNaO3Ti. The molecule has 5 heteroatoms. The summed E-state index contributed by atoms with van der Waals surface area (Å²) in [5.74, 6) is 0. The molecule has 0 aromatic heterocycles. The summed E-state index contributed by atoms with van der Waals surface area (Å²) >= 11 is -4.08. The van der Waals surface area contributed by atoms with Gasteiger partial charge in [0.15, 0.2) is 0 Å². The molecule has 0 N–H and O–H groups in total. The molecule has 0 aromatic carbocycles. The van der Waals surface area contributed by atoms with Gasteiger partial charge in [0.1, 0.15) is 0 Å². The van der Waals surface area contributed by atoms with Crippen molar-refractivity contribution in [2.45, 2.75) is 0 Å². The van der Waals surface area contributed by atoms with Crippen LogP contribution in [0.1, 0.15) is 0 Å². The fraction of sp³-hybridized carbons (Fsp3) is 0. The van der Waals surface area contributed by atoms with Gasteiger partial charge in [-0.1, -0.05) is 0 Å². The van der Waals surface area contributed by atoms with Crippen molar-refractivity contribution in [3.8, 4) is 0 Å². The van der Waals surface area contributed by atoms with E-state index >= 15 is 0 Å². The van der Waals surface area contributed by atoms with Crippen molar-refractivity contribution in [3.63, 3.8) is 0 Å². The molecule has 5 heavy (non-hydrogen) atoms. The monoisotopic (exact) mass is 120 g/mol. The maximum atomic E-state index is 8.58. The predicted molar refractivity (Wildman–Crippen MR) is 9.21 cm³/mol. The van der Waals surface area contributed by atoms with Crippen LogP contribution in [-0.4, -0.2) is 29.6 Å². The second kappa shape index (κ2) is 5.11. The van der Waals surface area contributed by atoms with E-state index in [1.54, 1.807) is 0 Å². The fourth-order valence-corrected chi connectivity index (χ4v) is 0. The third-order valence-electron chi connectivity index (χ3n) is 0. The molecule has 0 atom stereocenters. The van der Waals surface area contributed by atoms with E-state index in [2.05, 4.69) is 0 Å². The molecule has 0 aliphatic heterocycles. The molecule has 0 amide bonds. The van der Waals surface area contributed by atoms with Crippen molar-refractivity contribution >= 4 is 29.6 Å². The van der Waals surface area contributed by atoms with E-state index in [1.807, 2.05) is 0 Å². The first-order valence-electron chi connectivity index (χ1n) is 0.612. The predicted octanol–water partition coefficient (Wildman–Crippen LogP) is -1.01. The van der Waals surface area contributed by atoms with Crippen LogP contribution in [0.3, 0.4) is 0 Å². The van der Waals surface area contributed by atoms with Gasteiger partial charge in [-0.3, -0.25) is 0 Å². The molecular weight excluding hydrogens is 119 g/mol. The Labute approximate surface area is 56.8 Å². The quantitative estimate of drug-likeness (QED) is 0.385. The molecule has 0 spiro atoms. The van der Waals surface area contributed by atoms with E-state index < -0.39 is 17.8 Å². The SMILES string of the molecule is [NaH].[O]=[Ti](=[O])=[O]. The van der Waals surface area contributed by atoms with Gasteiger partial charge in [0, 0.05) is 0 Å². The first kappa shape index (κ1) is 9.45. The molecule has 0 radical (unpaired) electrons. The summed E-state index contributed by atoms with van der Waals surface area (Å²) in [4.78, 5) is 0. The first-order chi connectivity index (χ1) is 1.73. The van der Waals surface area contributed by atoms with E-state index in [0.29, 0.717) is 0 Å². The molecule has 0 aromatic rings. The average Bonchev–Trinajstić information content (AvgIpc) is 0.811. The molecule has 0 fully saturated rings. The summed E-state index contributed by atoms with van der Waals surface area (Å²) in [5, 5.41) is 0. The molecule has 0 aliphatic carbocycles. The molecule has 24 valence electrons. The summed E-state index contributed by atoms with van der Waals surface area (Å²) in [6.45, 7) is 0. The molecule has 0 heterocycles. The second-order valence-corrected chi connectivity index (χ2v) is 1.03. The Morgan fingerprint density at radius 1 is 1.00 bits per heavy atom. The van der Waals surface area contributed by atoms with Crippen molar-refractivity contribution in [2.24, 2.45) is 0 Å². The van der Waals surface area contributed by atoms with Gasteiger partial charge in [-0.05, 0) is 0 Å².